The number of Topliss-reactive ketones (excluding diaryl/α,β-unsaturated/α-hetero) is 2. The maximum atomic E-state index is 13.3. The average Bonchev–Trinajstić information content (AvgIpc) is 2.98. The summed E-state index contributed by atoms with van der Waals surface area (Å²) in [6.45, 7) is 1.48. The van der Waals surface area contributed by atoms with Crippen LogP contribution < -0.4 is 14.8 Å². The van der Waals surface area contributed by atoms with Crippen molar-refractivity contribution >= 4 is 49.9 Å². The number of hydrogen-bond donors (Lipinski definition) is 2. The first-order valence-corrected chi connectivity index (χ1v) is 14.6. The summed E-state index contributed by atoms with van der Waals surface area (Å²) >= 11 is 0. The lowest BCUT2D eigenvalue weighted by Crippen LogP contribution is -2.16. The summed E-state index contributed by atoms with van der Waals surface area (Å²) in [4.78, 5) is 33.4. The molecule has 10 heteroatoms. The van der Waals surface area contributed by atoms with E-state index < -0.39 is 10.0 Å². The fraction of sp³-hybridized carbons (Fsp3) is 0.125. The molecule has 0 aliphatic rings. The van der Waals surface area contributed by atoms with Gasteiger partial charge < -0.3 is 10.1 Å². The summed E-state index contributed by atoms with van der Waals surface area (Å²) in [6, 6.07) is 27.4. The van der Waals surface area contributed by atoms with Gasteiger partial charge >= 0.3 is 0 Å². The van der Waals surface area contributed by atoms with Crippen LogP contribution in [-0.2, 0) is 27.7 Å². The predicted molar refractivity (Wildman–Crippen MR) is 162 cm³/mol. The summed E-state index contributed by atoms with van der Waals surface area (Å²) in [5, 5.41) is 3.13. The number of carbonyl (C=O) groups is 2. The van der Waals surface area contributed by atoms with E-state index in [9.17, 15) is 18.0 Å². The van der Waals surface area contributed by atoms with Crippen LogP contribution in [0.1, 0.15) is 28.4 Å². The van der Waals surface area contributed by atoms with Crippen LogP contribution in [-0.4, -0.2) is 37.1 Å². The van der Waals surface area contributed by atoms with E-state index >= 15 is 0 Å². The smallest absolute Gasteiger partial charge is 0.263 e. The number of rotatable bonds is 11. The Bertz CT molecular complexity index is 1860. The van der Waals surface area contributed by atoms with Crippen LogP contribution >= 0.6 is 0 Å². The maximum absolute atomic E-state index is 13.3. The second-order valence-corrected chi connectivity index (χ2v) is 11.4. The van der Waals surface area contributed by atoms with Gasteiger partial charge in [-0.05, 0) is 78.7 Å². The number of methoxy groups -OCH3 is 1. The Labute approximate surface area is 243 Å². The van der Waals surface area contributed by atoms with E-state index in [2.05, 4.69) is 20.0 Å². The summed E-state index contributed by atoms with van der Waals surface area (Å²) < 4.78 is 34.2. The highest BCUT2D eigenvalue weighted by molar-refractivity contribution is 7.92. The molecule has 42 heavy (non-hydrogen) atoms. The van der Waals surface area contributed by atoms with Crippen LogP contribution in [0.25, 0.3) is 11.0 Å². The lowest BCUT2D eigenvalue weighted by atomic mass is 10.0. The van der Waals surface area contributed by atoms with Gasteiger partial charge in [0.2, 0.25) is 0 Å². The molecule has 1 aromatic heterocycles. The summed E-state index contributed by atoms with van der Waals surface area (Å²) in [7, 11) is -2.43. The van der Waals surface area contributed by atoms with E-state index in [1.807, 2.05) is 30.3 Å². The second-order valence-electron chi connectivity index (χ2n) is 9.69. The maximum Gasteiger partial charge on any atom is 0.263 e. The quantitative estimate of drug-likeness (QED) is 0.189. The normalized spacial score (nSPS) is 11.2. The molecule has 0 bridgehead atoms. The van der Waals surface area contributed by atoms with Crippen molar-refractivity contribution < 1.29 is 22.7 Å². The summed E-state index contributed by atoms with van der Waals surface area (Å²) in [6.07, 6.45) is 0.471. The Morgan fingerprint density at radius 2 is 1.31 bits per heavy atom. The molecule has 4 aromatic carbocycles. The summed E-state index contributed by atoms with van der Waals surface area (Å²) in [5.41, 5.74) is 3.81. The van der Waals surface area contributed by atoms with Crippen molar-refractivity contribution in [2.24, 2.45) is 0 Å². The van der Waals surface area contributed by atoms with Crippen LogP contribution in [0.2, 0.25) is 0 Å². The third-order valence-corrected chi connectivity index (χ3v) is 7.84. The van der Waals surface area contributed by atoms with Gasteiger partial charge in [0, 0.05) is 24.1 Å². The number of fused-ring (bicyclic) bond motifs is 1. The minimum Gasteiger partial charge on any atom is -0.497 e. The molecule has 5 aromatic rings. The fourth-order valence-electron chi connectivity index (χ4n) is 4.33. The highest BCUT2D eigenvalue weighted by Gasteiger charge is 2.19. The van der Waals surface area contributed by atoms with Gasteiger partial charge in [-0.25, -0.2) is 18.4 Å². The Morgan fingerprint density at radius 3 is 1.90 bits per heavy atom. The lowest BCUT2D eigenvalue weighted by molar-refractivity contribution is -0.116. The van der Waals surface area contributed by atoms with E-state index in [1.54, 1.807) is 61.7 Å². The van der Waals surface area contributed by atoms with E-state index in [1.165, 1.54) is 19.1 Å². The zero-order valence-corrected chi connectivity index (χ0v) is 23.8. The molecule has 0 unspecified atom stereocenters. The molecular formula is C32H28N4O5S. The highest BCUT2D eigenvalue weighted by Crippen LogP contribution is 2.27. The average molecular weight is 581 g/mol. The molecule has 0 aliphatic carbocycles. The number of hydrogen-bond acceptors (Lipinski definition) is 8. The highest BCUT2D eigenvalue weighted by atomic mass is 32.2. The van der Waals surface area contributed by atoms with Gasteiger partial charge in [0.05, 0.1) is 23.0 Å². The number of nitrogens with one attached hydrogen (secondary N) is 2. The van der Waals surface area contributed by atoms with Crippen LogP contribution in [0.4, 0.5) is 17.3 Å². The molecule has 212 valence electrons. The van der Waals surface area contributed by atoms with Crippen molar-refractivity contribution in [3.63, 3.8) is 0 Å². The monoisotopic (exact) mass is 580 g/mol. The van der Waals surface area contributed by atoms with Crippen LogP contribution in [0.15, 0.2) is 102 Å². The molecule has 1 heterocycles. The number of aromatic nitrogens is 2. The van der Waals surface area contributed by atoms with Crippen molar-refractivity contribution in [2.45, 2.75) is 24.7 Å². The van der Waals surface area contributed by atoms with Crippen LogP contribution in [0.5, 0.6) is 5.75 Å². The number of ether oxygens (including phenoxy) is 1. The molecule has 0 atom stereocenters. The first-order chi connectivity index (χ1) is 20.2. The van der Waals surface area contributed by atoms with E-state index in [0.717, 1.165) is 16.9 Å². The molecule has 0 saturated carbocycles. The Kier molecular flexibility index (Phi) is 8.26. The lowest BCUT2D eigenvalue weighted by Gasteiger charge is -2.14. The van der Waals surface area contributed by atoms with Crippen molar-refractivity contribution in [1.29, 1.82) is 0 Å². The van der Waals surface area contributed by atoms with Crippen molar-refractivity contribution in [3.8, 4) is 5.75 Å². The largest absolute Gasteiger partial charge is 0.497 e. The standard InChI is InChI=1S/C32H28N4O5S/c1-21(37)19-22-9-17-27(18-10-22)42(39,40)36-32-31(34-28-5-3-4-6-29(28)35-32)33-25-13-11-24(12-14-25)30(38)20-23-7-15-26(41-2)16-8-23/h3-18H,19-20H2,1-2H3,(H,33,34)(H,35,36). The third kappa shape index (κ3) is 6.79. The Balaban J connectivity index is 1.37. The van der Waals surface area contributed by atoms with Crippen LogP contribution in [0, 0.1) is 0 Å². The van der Waals surface area contributed by atoms with Gasteiger partial charge in [0.15, 0.2) is 17.4 Å². The van der Waals surface area contributed by atoms with Crippen LogP contribution in [0.3, 0.4) is 0 Å². The number of para-hydroxylation sites is 2. The number of sulfonamides is 1. The molecule has 2 N–H and O–H groups in total. The topological polar surface area (TPSA) is 127 Å². The van der Waals surface area contributed by atoms with E-state index in [4.69, 9.17) is 4.74 Å². The van der Waals surface area contributed by atoms with Gasteiger partial charge in [-0.2, -0.15) is 0 Å². The minimum absolute atomic E-state index is 0.0134. The Hall–Kier alpha value is -5.09. The SMILES string of the molecule is COc1ccc(CC(=O)c2ccc(Nc3nc4ccccc4nc3NS(=O)(=O)c3ccc(CC(C)=O)cc3)cc2)cc1. The zero-order chi connectivity index (χ0) is 29.7. The zero-order valence-electron chi connectivity index (χ0n) is 23.0. The molecule has 0 radical (unpaired) electrons. The van der Waals surface area contributed by atoms with Gasteiger partial charge in [-0.3, -0.25) is 14.3 Å². The minimum atomic E-state index is -4.02. The van der Waals surface area contributed by atoms with Crippen molar-refractivity contribution in [1.82, 2.24) is 9.97 Å². The van der Waals surface area contributed by atoms with Gasteiger partial charge in [-0.1, -0.05) is 36.4 Å². The predicted octanol–water partition coefficient (Wildman–Crippen LogP) is 5.74. The van der Waals surface area contributed by atoms with E-state index in [-0.39, 0.29) is 40.9 Å². The molecule has 0 spiro atoms. The molecule has 0 saturated heterocycles. The first kappa shape index (κ1) is 28.4. The first-order valence-electron chi connectivity index (χ1n) is 13.1. The van der Waals surface area contributed by atoms with E-state index in [0.29, 0.717) is 22.3 Å². The molecule has 9 nitrogen and oxygen atoms in total. The number of benzene rings is 4. The van der Waals surface area contributed by atoms with Gasteiger partial charge in [0.25, 0.3) is 10.0 Å². The number of nitrogens with zero attached hydrogens (tertiary/aromatic N) is 2. The fourth-order valence-corrected chi connectivity index (χ4v) is 5.33. The third-order valence-electron chi connectivity index (χ3n) is 6.48. The van der Waals surface area contributed by atoms with Gasteiger partial charge in [0.1, 0.15) is 11.5 Å². The molecule has 0 fully saturated rings. The van der Waals surface area contributed by atoms with Crippen molar-refractivity contribution in [3.05, 3.63) is 114 Å². The molecule has 5 rings (SSSR count). The number of carbonyl (C=O) groups excluding carboxylic acids is 2. The summed E-state index contributed by atoms with van der Waals surface area (Å²) in [5.74, 6) is 0.882. The number of ketones is 2. The number of anilines is 3. The van der Waals surface area contributed by atoms with Gasteiger partial charge in [-0.15, -0.1) is 0 Å². The van der Waals surface area contributed by atoms with Crippen molar-refractivity contribution in [2.75, 3.05) is 17.1 Å². The Morgan fingerprint density at radius 1 is 0.738 bits per heavy atom. The second kappa shape index (κ2) is 12.2. The molecule has 0 amide bonds. The molecular weight excluding hydrogens is 552 g/mol. The molecule has 0 aliphatic heterocycles.